The van der Waals surface area contributed by atoms with Crippen molar-refractivity contribution in [3.63, 3.8) is 0 Å². The molecule has 4 heteroatoms. The summed E-state index contributed by atoms with van der Waals surface area (Å²) < 4.78 is 6.49. The van der Waals surface area contributed by atoms with Crippen LogP contribution in [-0.2, 0) is 0 Å². The van der Waals surface area contributed by atoms with Crippen molar-refractivity contribution >= 4 is 65.9 Å². The lowest BCUT2D eigenvalue weighted by Gasteiger charge is -2.23. The molecule has 0 spiro atoms. The second-order valence-electron chi connectivity index (χ2n) is 12.6. The number of fused-ring (bicyclic) bond motifs is 7. The van der Waals surface area contributed by atoms with Crippen LogP contribution < -0.4 is 5.32 Å². The number of hydrogen-bond acceptors (Lipinski definition) is 4. The zero-order valence-corrected chi connectivity index (χ0v) is 26.5. The van der Waals surface area contributed by atoms with Gasteiger partial charge in [-0.25, -0.2) is 9.98 Å². The number of hydrogen-bond donors (Lipinski definition) is 1. The van der Waals surface area contributed by atoms with Crippen molar-refractivity contribution in [2.24, 2.45) is 9.98 Å². The maximum atomic E-state index is 6.49. The van der Waals surface area contributed by atoms with Gasteiger partial charge >= 0.3 is 0 Å². The van der Waals surface area contributed by atoms with Crippen LogP contribution in [-0.4, -0.2) is 11.7 Å². The fourth-order valence-electron chi connectivity index (χ4n) is 7.32. The standard InChI is InChI=1S/C45H29N3O/c1-2-11-29(12-3-1)36-16-8-18-39-41(36)42-37(17-9-19-40(42)49-39)45-47-43(33-24-20-28-10-4-5-14-32(28)26-33)46-44(48-45)34-25-23-31-22-21-30-13-6-7-15-35(30)38(31)27-34/h1-27,44H,(H,46,47,48). The minimum atomic E-state index is -0.455. The Balaban J connectivity index is 1.20. The fourth-order valence-corrected chi connectivity index (χ4v) is 7.32. The minimum absolute atomic E-state index is 0.455. The second-order valence-corrected chi connectivity index (χ2v) is 12.6. The summed E-state index contributed by atoms with van der Waals surface area (Å²) in [5.41, 5.74) is 6.97. The molecule has 0 radical (unpaired) electrons. The van der Waals surface area contributed by atoms with Crippen LogP contribution in [0.25, 0.3) is 65.4 Å². The van der Waals surface area contributed by atoms with Crippen molar-refractivity contribution in [2.45, 2.75) is 6.17 Å². The molecule has 8 aromatic carbocycles. The number of aliphatic imine (C=N–C) groups is 2. The molecule has 0 saturated heterocycles. The number of benzene rings is 8. The van der Waals surface area contributed by atoms with E-state index < -0.39 is 6.17 Å². The monoisotopic (exact) mass is 627 g/mol. The number of furan rings is 1. The highest BCUT2D eigenvalue weighted by Gasteiger charge is 2.25. The van der Waals surface area contributed by atoms with Crippen molar-refractivity contribution < 1.29 is 4.42 Å². The van der Waals surface area contributed by atoms with Crippen molar-refractivity contribution in [3.8, 4) is 11.1 Å². The molecule has 0 bridgehead atoms. The molecular formula is C45H29N3O. The molecule has 230 valence electrons. The van der Waals surface area contributed by atoms with Gasteiger partial charge in [-0.3, -0.25) is 0 Å². The lowest BCUT2D eigenvalue weighted by Crippen LogP contribution is -2.36. The van der Waals surface area contributed by atoms with Crippen molar-refractivity contribution in [1.82, 2.24) is 5.32 Å². The summed E-state index contributed by atoms with van der Waals surface area (Å²) in [6.07, 6.45) is -0.455. The van der Waals surface area contributed by atoms with Gasteiger partial charge in [-0.2, -0.15) is 0 Å². The minimum Gasteiger partial charge on any atom is -0.456 e. The number of rotatable bonds is 4. The van der Waals surface area contributed by atoms with Gasteiger partial charge in [0.2, 0.25) is 0 Å². The molecule has 1 aliphatic rings. The van der Waals surface area contributed by atoms with E-state index in [2.05, 4.69) is 145 Å². The lowest BCUT2D eigenvalue weighted by molar-refractivity contribution is 0.669. The van der Waals surface area contributed by atoms with Crippen LogP contribution in [0.15, 0.2) is 178 Å². The molecule has 0 aliphatic carbocycles. The Morgan fingerprint density at radius 2 is 1.06 bits per heavy atom. The van der Waals surface area contributed by atoms with E-state index in [9.17, 15) is 0 Å². The average Bonchev–Trinajstić information content (AvgIpc) is 3.57. The van der Waals surface area contributed by atoms with Crippen molar-refractivity contribution in [2.75, 3.05) is 0 Å². The predicted molar refractivity (Wildman–Crippen MR) is 204 cm³/mol. The quantitative estimate of drug-likeness (QED) is 0.197. The molecule has 1 N–H and O–H groups in total. The van der Waals surface area contributed by atoms with Crippen LogP contribution in [0.1, 0.15) is 22.9 Å². The summed E-state index contributed by atoms with van der Waals surface area (Å²) in [7, 11) is 0. The SMILES string of the molecule is c1ccc(-c2cccc3oc4cccc(C5=NC(c6ccc7ccc8ccccc8c7c6)N=C(c6ccc7ccccc7c6)N5)c4c23)cc1. The summed E-state index contributed by atoms with van der Waals surface area (Å²) in [5, 5.41) is 13.0. The highest BCUT2D eigenvalue weighted by atomic mass is 16.3. The fraction of sp³-hybridized carbons (Fsp3) is 0.0222. The van der Waals surface area contributed by atoms with Gasteiger partial charge < -0.3 is 9.73 Å². The average molecular weight is 628 g/mol. The van der Waals surface area contributed by atoms with Crippen LogP contribution in [0, 0.1) is 0 Å². The Morgan fingerprint density at radius 3 is 1.90 bits per heavy atom. The molecule has 0 amide bonds. The van der Waals surface area contributed by atoms with Gasteiger partial charge in [0.25, 0.3) is 0 Å². The molecule has 0 saturated carbocycles. The van der Waals surface area contributed by atoms with E-state index in [1.54, 1.807) is 0 Å². The molecular weight excluding hydrogens is 599 g/mol. The topological polar surface area (TPSA) is 49.9 Å². The van der Waals surface area contributed by atoms with Crippen molar-refractivity contribution in [1.29, 1.82) is 0 Å². The smallest absolute Gasteiger partial charge is 0.169 e. The van der Waals surface area contributed by atoms with Gasteiger partial charge in [-0.1, -0.05) is 140 Å². The van der Waals surface area contributed by atoms with Crippen LogP contribution in [0.2, 0.25) is 0 Å². The normalized spacial score (nSPS) is 14.7. The highest BCUT2D eigenvalue weighted by Crippen LogP contribution is 2.39. The first-order valence-corrected chi connectivity index (χ1v) is 16.6. The van der Waals surface area contributed by atoms with E-state index in [1.165, 1.54) is 26.9 Å². The van der Waals surface area contributed by atoms with Gasteiger partial charge in [0.1, 0.15) is 22.8 Å². The van der Waals surface area contributed by atoms with E-state index in [4.69, 9.17) is 14.4 Å². The summed E-state index contributed by atoms with van der Waals surface area (Å²) in [4.78, 5) is 10.6. The third kappa shape index (κ3) is 4.61. The highest BCUT2D eigenvalue weighted by molar-refractivity contribution is 6.25. The molecule has 4 nitrogen and oxygen atoms in total. The number of nitrogens with one attached hydrogen (secondary N) is 1. The summed E-state index contributed by atoms with van der Waals surface area (Å²) in [6, 6.07) is 57.5. The molecule has 1 aromatic heterocycles. The molecule has 2 heterocycles. The van der Waals surface area contributed by atoms with Crippen LogP contribution in [0.5, 0.6) is 0 Å². The van der Waals surface area contributed by atoms with Gasteiger partial charge in [-0.15, -0.1) is 0 Å². The Kier molecular flexibility index (Phi) is 6.21. The Labute approximate surface area is 282 Å². The molecule has 49 heavy (non-hydrogen) atoms. The number of amidine groups is 2. The van der Waals surface area contributed by atoms with Crippen LogP contribution in [0.3, 0.4) is 0 Å². The van der Waals surface area contributed by atoms with E-state index in [0.717, 1.165) is 66.8 Å². The second kappa shape index (κ2) is 11.0. The van der Waals surface area contributed by atoms with Gasteiger partial charge in [0.05, 0.1) is 0 Å². The van der Waals surface area contributed by atoms with E-state index in [-0.39, 0.29) is 0 Å². The van der Waals surface area contributed by atoms with Crippen LogP contribution in [0.4, 0.5) is 0 Å². The first kappa shape index (κ1) is 27.6. The summed E-state index contributed by atoms with van der Waals surface area (Å²) >= 11 is 0. The first-order chi connectivity index (χ1) is 24.3. The molecule has 10 rings (SSSR count). The Bertz CT molecular complexity index is 2810. The summed E-state index contributed by atoms with van der Waals surface area (Å²) in [6.45, 7) is 0. The lowest BCUT2D eigenvalue weighted by atomic mass is 9.96. The Hall–Kier alpha value is -6.52. The first-order valence-electron chi connectivity index (χ1n) is 16.6. The van der Waals surface area contributed by atoms with Gasteiger partial charge in [0.15, 0.2) is 6.17 Å². The van der Waals surface area contributed by atoms with Gasteiger partial charge in [0, 0.05) is 21.9 Å². The van der Waals surface area contributed by atoms with E-state index >= 15 is 0 Å². The van der Waals surface area contributed by atoms with E-state index in [1.807, 2.05) is 24.3 Å². The third-order valence-corrected chi connectivity index (χ3v) is 9.69. The molecule has 0 fully saturated rings. The largest absolute Gasteiger partial charge is 0.456 e. The maximum Gasteiger partial charge on any atom is 0.169 e. The Morgan fingerprint density at radius 1 is 0.429 bits per heavy atom. The molecule has 1 atom stereocenters. The zero-order valence-electron chi connectivity index (χ0n) is 26.5. The molecule has 1 aliphatic heterocycles. The molecule has 9 aromatic rings. The molecule has 1 unspecified atom stereocenters. The third-order valence-electron chi connectivity index (χ3n) is 9.69. The van der Waals surface area contributed by atoms with Gasteiger partial charge in [-0.05, 0) is 73.3 Å². The zero-order chi connectivity index (χ0) is 32.3. The van der Waals surface area contributed by atoms with E-state index in [0.29, 0.717) is 0 Å². The number of nitrogens with zero attached hydrogens (tertiary/aromatic N) is 2. The maximum absolute atomic E-state index is 6.49. The summed E-state index contributed by atoms with van der Waals surface area (Å²) in [5.74, 6) is 1.55. The predicted octanol–water partition coefficient (Wildman–Crippen LogP) is 11.2. The van der Waals surface area contributed by atoms with Crippen molar-refractivity contribution in [3.05, 3.63) is 180 Å². The van der Waals surface area contributed by atoms with Crippen LogP contribution >= 0.6 is 0 Å².